The maximum absolute atomic E-state index is 12.9. The first-order chi connectivity index (χ1) is 8.88. The van der Waals surface area contributed by atoms with Gasteiger partial charge in [0.05, 0.1) is 5.69 Å². The number of hydrogen-bond acceptors (Lipinski definition) is 5. The molecule has 0 atom stereocenters. The molecule has 0 radical (unpaired) electrons. The van der Waals surface area contributed by atoms with Crippen molar-refractivity contribution < 1.29 is 21.8 Å². The van der Waals surface area contributed by atoms with Gasteiger partial charge in [-0.2, -0.15) is 36.5 Å². The minimum absolute atomic E-state index is 0.0880. The Bertz CT molecular complexity index is 676. The van der Waals surface area contributed by atoms with Crippen molar-refractivity contribution in [3.8, 4) is 0 Å². The van der Waals surface area contributed by atoms with Gasteiger partial charge in [0.2, 0.25) is 0 Å². The summed E-state index contributed by atoms with van der Waals surface area (Å²) >= 11 is 0. The summed E-state index contributed by atoms with van der Waals surface area (Å²) in [7, 11) is -4.86. The Kier molecular flexibility index (Phi) is 3.36. The van der Waals surface area contributed by atoms with E-state index in [1.165, 1.54) is 24.3 Å². The van der Waals surface area contributed by atoms with Crippen LogP contribution in [0.1, 0.15) is 0 Å². The van der Waals surface area contributed by atoms with Gasteiger partial charge >= 0.3 is 22.5 Å². The molecule has 1 N–H and O–H groups in total. The lowest BCUT2D eigenvalue weighted by atomic mass is 10.3. The van der Waals surface area contributed by atoms with Crippen LogP contribution in [0.5, 0.6) is 0 Å². The molecular formula is C9H6F2N4O3S. The molecule has 0 unspecified atom stereocenters. The lowest BCUT2D eigenvalue weighted by Crippen LogP contribution is -2.27. The van der Waals surface area contributed by atoms with Crippen LogP contribution < -0.4 is 4.31 Å². The summed E-state index contributed by atoms with van der Waals surface area (Å²) < 4.78 is 57.7. The van der Waals surface area contributed by atoms with Crippen LogP contribution in [0.15, 0.2) is 30.3 Å². The molecule has 7 nitrogen and oxygen atoms in total. The van der Waals surface area contributed by atoms with Gasteiger partial charge in [-0.25, -0.2) is 0 Å². The maximum Gasteiger partial charge on any atom is 0.366 e. The van der Waals surface area contributed by atoms with Crippen molar-refractivity contribution in [1.29, 1.82) is 0 Å². The Hall–Kier alpha value is -2.20. The molecule has 0 saturated carbocycles. The van der Waals surface area contributed by atoms with E-state index in [0.29, 0.717) is 0 Å². The van der Waals surface area contributed by atoms with Crippen LogP contribution in [0.4, 0.5) is 20.4 Å². The smallest absolute Gasteiger partial charge is 0.269 e. The minimum atomic E-state index is -4.86. The van der Waals surface area contributed by atoms with E-state index in [4.69, 9.17) is 4.55 Å². The third kappa shape index (κ3) is 2.98. The molecule has 19 heavy (non-hydrogen) atoms. The molecule has 0 aliphatic heterocycles. The van der Waals surface area contributed by atoms with Crippen LogP contribution in [0.2, 0.25) is 0 Å². The van der Waals surface area contributed by atoms with Gasteiger partial charge in [-0.3, -0.25) is 4.55 Å². The quantitative estimate of drug-likeness (QED) is 0.849. The van der Waals surface area contributed by atoms with Crippen molar-refractivity contribution >= 4 is 21.9 Å². The Morgan fingerprint density at radius 2 is 1.53 bits per heavy atom. The molecule has 0 fully saturated rings. The Morgan fingerprint density at radius 1 is 1.00 bits per heavy atom. The molecule has 0 saturated heterocycles. The van der Waals surface area contributed by atoms with Gasteiger partial charge in [-0.15, -0.1) is 0 Å². The zero-order chi connectivity index (χ0) is 14.0. The first-order valence-electron chi connectivity index (χ1n) is 4.78. The Morgan fingerprint density at radius 3 is 2.00 bits per heavy atom. The molecule has 0 aliphatic carbocycles. The molecular weight excluding hydrogens is 282 g/mol. The number of benzene rings is 1. The number of nitrogens with zero attached hydrogens (tertiary/aromatic N) is 4. The predicted molar refractivity (Wildman–Crippen MR) is 59.9 cm³/mol. The lowest BCUT2D eigenvalue weighted by molar-refractivity contribution is 0.453. The van der Waals surface area contributed by atoms with Gasteiger partial charge in [-0.1, -0.05) is 18.2 Å². The maximum atomic E-state index is 12.9. The molecule has 0 spiro atoms. The van der Waals surface area contributed by atoms with E-state index >= 15 is 0 Å². The Balaban J connectivity index is 2.63. The fraction of sp³-hybridized carbons (Fsp3) is 0. The zero-order valence-electron chi connectivity index (χ0n) is 9.10. The Labute approximate surface area is 106 Å². The zero-order valence-corrected chi connectivity index (χ0v) is 9.92. The van der Waals surface area contributed by atoms with E-state index in [2.05, 4.69) is 15.0 Å². The topological polar surface area (TPSA) is 96.3 Å². The summed E-state index contributed by atoms with van der Waals surface area (Å²) in [6.45, 7) is 0. The van der Waals surface area contributed by atoms with Crippen LogP contribution in [0.25, 0.3) is 0 Å². The molecule has 10 heteroatoms. The standard InChI is InChI=1S/C9H6F2N4O3S/c10-7-12-8(11)14-9(13-7)15(19(16,17)18)6-4-2-1-3-5-6/h1-5H,(H,16,17,18). The number of anilines is 2. The molecule has 0 bridgehead atoms. The van der Waals surface area contributed by atoms with Gasteiger partial charge in [0.15, 0.2) is 0 Å². The van der Waals surface area contributed by atoms with E-state index < -0.39 is 28.4 Å². The van der Waals surface area contributed by atoms with Crippen LogP contribution in [-0.2, 0) is 10.3 Å². The van der Waals surface area contributed by atoms with Crippen molar-refractivity contribution in [2.75, 3.05) is 4.31 Å². The van der Waals surface area contributed by atoms with E-state index in [1.807, 2.05) is 0 Å². The van der Waals surface area contributed by atoms with Crippen molar-refractivity contribution in [1.82, 2.24) is 15.0 Å². The second-order valence-electron chi connectivity index (χ2n) is 3.25. The fourth-order valence-electron chi connectivity index (χ4n) is 1.32. The highest BCUT2D eigenvalue weighted by molar-refractivity contribution is 7.87. The second-order valence-corrected chi connectivity index (χ2v) is 4.51. The first-order valence-corrected chi connectivity index (χ1v) is 6.17. The largest absolute Gasteiger partial charge is 0.366 e. The van der Waals surface area contributed by atoms with Crippen molar-refractivity contribution in [2.24, 2.45) is 0 Å². The summed E-state index contributed by atoms with van der Waals surface area (Å²) in [4.78, 5) is 8.70. The molecule has 1 heterocycles. The normalized spacial score (nSPS) is 11.3. The molecule has 1 aromatic heterocycles. The number of aromatic nitrogens is 3. The second kappa shape index (κ2) is 4.82. The minimum Gasteiger partial charge on any atom is -0.269 e. The summed E-state index contributed by atoms with van der Waals surface area (Å²) in [6, 6.07) is 7.07. The summed E-state index contributed by atoms with van der Waals surface area (Å²) in [5, 5.41) is 0. The molecule has 0 amide bonds. The highest BCUT2D eigenvalue weighted by Crippen LogP contribution is 2.24. The van der Waals surface area contributed by atoms with Gasteiger partial charge in [0.25, 0.3) is 5.95 Å². The van der Waals surface area contributed by atoms with Crippen LogP contribution in [0.3, 0.4) is 0 Å². The summed E-state index contributed by atoms with van der Waals surface area (Å²) in [5.41, 5.74) is -0.0880. The molecule has 100 valence electrons. The number of para-hydroxylation sites is 1. The van der Waals surface area contributed by atoms with Crippen LogP contribution in [-0.4, -0.2) is 27.9 Å². The van der Waals surface area contributed by atoms with Gasteiger partial charge in [0.1, 0.15) is 0 Å². The van der Waals surface area contributed by atoms with Crippen molar-refractivity contribution in [3.63, 3.8) is 0 Å². The lowest BCUT2D eigenvalue weighted by Gasteiger charge is -2.17. The molecule has 2 aromatic rings. The molecule has 1 aromatic carbocycles. The van der Waals surface area contributed by atoms with Crippen molar-refractivity contribution in [2.45, 2.75) is 0 Å². The third-order valence-corrected chi connectivity index (χ3v) is 2.81. The monoisotopic (exact) mass is 288 g/mol. The SMILES string of the molecule is O=S(=O)(O)N(c1ccccc1)c1nc(F)nc(F)n1. The van der Waals surface area contributed by atoms with Gasteiger partial charge < -0.3 is 0 Å². The number of rotatable bonds is 3. The van der Waals surface area contributed by atoms with E-state index in [0.717, 1.165) is 0 Å². The first kappa shape index (κ1) is 13.2. The summed E-state index contributed by atoms with van der Waals surface area (Å²) in [6.07, 6.45) is -3.01. The number of hydrogen-bond donors (Lipinski definition) is 1. The van der Waals surface area contributed by atoms with Gasteiger partial charge in [0, 0.05) is 0 Å². The van der Waals surface area contributed by atoms with E-state index in [1.54, 1.807) is 6.07 Å². The van der Waals surface area contributed by atoms with Crippen LogP contribution in [0, 0.1) is 12.2 Å². The molecule has 0 aliphatic rings. The molecule has 2 rings (SSSR count). The summed E-state index contributed by atoms with van der Waals surface area (Å²) in [5.74, 6) is -0.890. The third-order valence-electron chi connectivity index (χ3n) is 1.97. The van der Waals surface area contributed by atoms with E-state index in [-0.39, 0.29) is 9.99 Å². The number of halogens is 2. The highest BCUT2D eigenvalue weighted by Gasteiger charge is 2.26. The average molecular weight is 288 g/mol. The van der Waals surface area contributed by atoms with Gasteiger partial charge in [-0.05, 0) is 12.1 Å². The average Bonchev–Trinajstić information content (AvgIpc) is 2.27. The highest BCUT2D eigenvalue weighted by atomic mass is 32.2. The van der Waals surface area contributed by atoms with Crippen LogP contribution >= 0.6 is 0 Å². The van der Waals surface area contributed by atoms with Crippen molar-refractivity contribution in [3.05, 3.63) is 42.5 Å². The predicted octanol–water partition coefficient (Wildman–Crippen LogP) is 1.09. The fourth-order valence-corrected chi connectivity index (χ4v) is 2.00. The van der Waals surface area contributed by atoms with E-state index in [9.17, 15) is 17.2 Å².